The third-order valence-electron chi connectivity index (χ3n) is 5.22. The van der Waals surface area contributed by atoms with Gasteiger partial charge in [0.05, 0.1) is 6.04 Å². The molecule has 5 nitrogen and oxygen atoms in total. The van der Waals surface area contributed by atoms with Crippen LogP contribution in [0.3, 0.4) is 0 Å². The molecule has 1 aliphatic carbocycles. The Labute approximate surface area is 163 Å². The van der Waals surface area contributed by atoms with E-state index >= 15 is 0 Å². The lowest BCUT2D eigenvalue weighted by Gasteiger charge is -2.30. The Morgan fingerprint density at radius 3 is 2.54 bits per heavy atom. The SMILES string of the molecule is NC(=O)c1ccccc1CN(C(=O)c1ccccc1)C1CCc2ncccc21. The molecule has 1 unspecified atom stereocenters. The number of primary amides is 1. The molecule has 0 spiro atoms. The maximum atomic E-state index is 13.4. The van der Waals surface area contributed by atoms with Gasteiger partial charge in [-0.05, 0) is 48.2 Å². The topological polar surface area (TPSA) is 76.3 Å². The molecule has 0 bridgehead atoms. The number of rotatable bonds is 5. The van der Waals surface area contributed by atoms with Crippen LogP contribution in [0.15, 0.2) is 72.9 Å². The molecule has 0 fully saturated rings. The lowest BCUT2D eigenvalue weighted by Crippen LogP contribution is -2.34. The van der Waals surface area contributed by atoms with Crippen molar-refractivity contribution in [3.05, 3.63) is 101 Å². The second-order valence-electron chi connectivity index (χ2n) is 6.91. The number of fused-ring (bicyclic) bond motifs is 1. The highest BCUT2D eigenvalue weighted by atomic mass is 16.2. The van der Waals surface area contributed by atoms with Crippen LogP contribution in [0.5, 0.6) is 0 Å². The van der Waals surface area contributed by atoms with Crippen molar-refractivity contribution in [1.82, 2.24) is 9.88 Å². The van der Waals surface area contributed by atoms with E-state index in [0.717, 1.165) is 29.7 Å². The standard InChI is InChI=1S/C23H21N3O2/c24-22(27)18-10-5-4-9-17(18)15-26(23(28)16-7-2-1-3-8-16)21-13-12-20-19(21)11-6-14-25-20/h1-11,14,21H,12-13,15H2,(H2,24,27). The molecule has 1 aromatic heterocycles. The van der Waals surface area contributed by atoms with E-state index in [1.807, 2.05) is 59.5 Å². The van der Waals surface area contributed by atoms with Gasteiger partial charge in [0, 0.05) is 29.6 Å². The van der Waals surface area contributed by atoms with Crippen molar-refractivity contribution >= 4 is 11.8 Å². The first-order valence-electron chi connectivity index (χ1n) is 9.32. The predicted octanol–water partition coefficient (Wildman–Crippen LogP) is 3.51. The van der Waals surface area contributed by atoms with Gasteiger partial charge in [-0.2, -0.15) is 0 Å². The van der Waals surface area contributed by atoms with E-state index in [1.165, 1.54) is 0 Å². The number of nitrogens with zero attached hydrogens (tertiary/aromatic N) is 2. The number of nitrogens with two attached hydrogens (primary N) is 1. The lowest BCUT2D eigenvalue weighted by atomic mass is 10.0. The van der Waals surface area contributed by atoms with E-state index in [4.69, 9.17) is 5.73 Å². The van der Waals surface area contributed by atoms with Gasteiger partial charge in [0.1, 0.15) is 0 Å². The fourth-order valence-corrected chi connectivity index (χ4v) is 3.87. The molecule has 0 saturated carbocycles. The molecule has 28 heavy (non-hydrogen) atoms. The first kappa shape index (κ1) is 17.9. The fraction of sp³-hybridized carbons (Fsp3) is 0.174. The zero-order chi connectivity index (χ0) is 19.5. The number of amides is 2. The van der Waals surface area contributed by atoms with Gasteiger partial charge in [0.25, 0.3) is 5.91 Å². The van der Waals surface area contributed by atoms with Crippen molar-refractivity contribution in [1.29, 1.82) is 0 Å². The predicted molar refractivity (Wildman–Crippen MR) is 107 cm³/mol. The van der Waals surface area contributed by atoms with Crippen molar-refractivity contribution in [3.63, 3.8) is 0 Å². The van der Waals surface area contributed by atoms with Gasteiger partial charge in [-0.1, -0.05) is 42.5 Å². The third kappa shape index (κ3) is 3.39. The average Bonchev–Trinajstić information content (AvgIpc) is 3.16. The second kappa shape index (κ2) is 7.64. The highest BCUT2D eigenvalue weighted by molar-refractivity contribution is 5.96. The fourth-order valence-electron chi connectivity index (χ4n) is 3.87. The molecule has 4 rings (SSSR count). The molecule has 2 amide bonds. The summed E-state index contributed by atoms with van der Waals surface area (Å²) in [5, 5.41) is 0. The average molecular weight is 371 g/mol. The maximum absolute atomic E-state index is 13.4. The highest BCUT2D eigenvalue weighted by Crippen LogP contribution is 2.36. The smallest absolute Gasteiger partial charge is 0.254 e. The highest BCUT2D eigenvalue weighted by Gasteiger charge is 2.32. The maximum Gasteiger partial charge on any atom is 0.254 e. The van der Waals surface area contributed by atoms with Gasteiger partial charge in [-0.3, -0.25) is 14.6 Å². The number of carbonyl (C=O) groups is 2. The van der Waals surface area contributed by atoms with E-state index in [9.17, 15) is 9.59 Å². The van der Waals surface area contributed by atoms with Crippen molar-refractivity contribution in [3.8, 4) is 0 Å². The molecule has 2 aromatic carbocycles. The lowest BCUT2D eigenvalue weighted by molar-refractivity contribution is 0.0656. The van der Waals surface area contributed by atoms with Gasteiger partial charge in [-0.15, -0.1) is 0 Å². The molecule has 2 N–H and O–H groups in total. The van der Waals surface area contributed by atoms with Crippen LogP contribution in [0, 0.1) is 0 Å². The van der Waals surface area contributed by atoms with Crippen LogP contribution < -0.4 is 5.73 Å². The number of aromatic nitrogens is 1. The number of benzene rings is 2. The first-order chi connectivity index (χ1) is 13.6. The van der Waals surface area contributed by atoms with Gasteiger partial charge < -0.3 is 10.6 Å². The summed E-state index contributed by atoms with van der Waals surface area (Å²) in [4.78, 5) is 31.6. The molecule has 0 radical (unpaired) electrons. The van der Waals surface area contributed by atoms with Crippen LogP contribution in [-0.4, -0.2) is 21.7 Å². The van der Waals surface area contributed by atoms with Crippen molar-refractivity contribution in [2.24, 2.45) is 5.73 Å². The Morgan fingerprint density at radius 1 is 1.00 bits per heavy atom. The van der Waals surface area contributed by atoms with Crippen LogP contribution in [-0.2, 0) is 13.0 Å². The summed E-state index contributed by atoms with van der Waals surface area (Å²) in [6.45, 7) is 0.311. The zero-order valence-corrected chi connectivity index (χ0v) is 15.4. The van der Waals surface area contributed by atoms with Gasteiger partial charge in [0.15, 0.2) is 0 Å². The Hall–Kier alpha value is -3.47. The van der Waals surface area contributed by atoms with E-state index in [0.29, 0.717) is 17.7 Å². The molecule has 1 aliphatic rings. The van der Waals surface area contributed by atoms with E-state index < -0.39 is 5.91 Å². The molecule has 0 saturated heterocycles. The summed E-state index contributed by atoms with van der Waals surface area (Å²) >= 11 is 0. The Balaban J connectivity index is 1.75. The van der Waals surface area contributed by atoms with E-state index in [-0.39, 0.29) is 11.9 Å². The molecule has 1 heterocycles. The van der Waals surface area contributed by atoms with Crippen LogP contribution in [0.2, 0.25) is 0 Å². The number of carbonyl (C=O) groups excluding carboxylic acids is 2. The van der Waals surface area contributed by atoms with E-state index in [2.05, 4.69) is 4.98 Å². The first-order valence-corrected chi connectivity index (χ1v) is 9.32. The Bertz CT molecular complexity index is 1020. The minimum atomic E-state index is -0.490. The summed E-state index contributed by atoms with van der Waals surface area (Å²) in [6, 6.07) is 20.3. The van der Waals surface area contributed by atoms with Gasteiger partial charge >= 0.3 is 0 Å². The minimum Gasteiger partial charge on any atom is -0.366 e. The molecule has 5 heteroatoms. The molecule has 140 valence electrons. The quantitative estimate of drug-likeness (QED) is 0.746. The van der Waals surface area contributed by atoms with Crippen LogP contribution >= 0.6 is 0 Å². The largest absolute Gasteiger partial charge is 0.366 e. The molecule has 3 aromatic rings. The van der Waals surface area contributed by atoms with Crippen molar-refractivity contribution in [2.45, 2.75) is 25.4 Å². The number of hydrogen-bond donors (Lipinski definition) is 1. The van der Waals surface area contributed by atoms with Gasteiger partial charge in [-0.25, -0.2) is 0 Å². The Kier molecular flexibility index (Phi) is 4.89. The second-order valence-corrected chi connectivity index (χ2v) is 6.91. The molecule has 0 aliphatic heterocycles. The van der Waals surface area contributed by atoms with Crippen molar-refractivity contribution < 1.29 is 9.59 Å². The summed E-state index contributed by atoms with van der Waals surface area (Å²) < 4.78 is 0. The third-order valence-corrected chi connectivity index (χ3v) is 5.22. The minimum absolute atomic E-state index is 0.0680. The molecule has 1 atom stereocenters. The van der Waals surface area contributed by atoms with Crippen LogP contribution in [0.4, 0.5) is 0 Å². The molecular weight excluding hydrogens is 350 g/mol. The van der Waals surface area contributed by atoms with Crippen LogP contribution in [0.25, 0.3) is 0 Å². The van der Waals surface area contributed by atoms with Crippen molar-refractivity contribution in [2.75, 3.05) is 0 Å². The number of aryl methyl sites for hydroxylation is 1. The summed E-state index contributed by atoms with van der Waals surface area (Å²) in [5.41, 5.74) is 9.47. The number of hydrogen-bond acceptors (Lipinski definition) is 3. The normalized spacial score (nSPS) is 15.1. The number of pyridine rings is 1. The Morgan fingerprint density at radius 2 is 1.75 bits per heavy atom. The molecular formula is C23H21N3O2. The van der Waals surface area contributed by atoms with Crippen LogP contribution in [0.1, 0.15) is 50.0 Å². The zero-order valence-electron chi connectivity index (χ0n) is 15.4. The summed E-state index contributed by atoms with van der Waals surface area (Å²) in [7, 11) is 0. The monoisotopic (exact) mass is 371 g/mol. The summed E-state index contributed by atoms with van der Waals surface area (Å²) in [5.74, 6) is -0.558. The van der Waals surface area contributed by atoms with E-state index in [1.54, 1.807) is 18.3 Å². The summed E-state index contributed by atoms with van der Waals surface area (Å²) in [6.07, 6.45) is 3.42. The van der Waals surface area contributed by atoms with Gasteiger partial charge in [0.2, 0.25) is 5.91 Å².